The standard InChI is InChI=1S/C24H22N2O5/c1-3-30-18-6-4-5-17(13-18)22(27)20-21(19-8-7-15(2)31-19)26(24(29)23(20)28)14-16-9-11-25-12-10-16/h4-13,21,27H,3,14H2,1-2H3/b22-20+. The summed E-state index contributed by atoms with van der Waals surface area (Å²) in [5, 5.41) is 11.1. The zero-order chi connectivity index (χ0) is 22.0. The molecule has 1 aliphatic rings. The number of nitrogens with zero attached hydrogens (tertiary/aromatic N) is 2. The third-order valence-electron chi connectivity index (χ3n) is 5.09. The first-order chi connectivity index (χ1) is 15.0. The van der Waals surface area contributed by atoms with Gasteiger partial charge in [0.25, 0.3) is 11.7 Å². The SMILES string of the molecule is CCOc1cccc(/C(O)=C2\C(=O)C(=O)N(Cc3ccncc3)C2c2ccc(C)o2)c1. The Bertz CT molecular complexity index is 1150. The van der Waals surface area contributed by atoms with Crippen molar-refractivity contribution >= 4 is 17.4 Å². The molecule has 7 nitrogen and oxygen atoms in total. The number of benzene rings is 1. The highest BCUT2D eigenvalue weighted by atomic mass is 16.5. The normalized spacial score (nSPS) is 17.9. The second-order valence-corrected chi connectivity index (χ2v) is 7.19. The number of aryl methyl sites for hydroxylation is 1. The minimum Gasteiger partial charge on any atom is -0.507 e. The molecule has 3 heterocycles. The minimum absolute atomic E-state index is 0.0120. The number of aliphatic hydroxyl groups excluding tert-OH is 1. The van der Waals surface area contributed by atoms with E-state index in [1.54, 1.807) is 67.8 Å². The molecule has 0 saturated carbocycles. The Labute approximate surface area is 179 Å². The molecule has 0 aliphatic carbocycles. The largest absolute Gasteiger partial charge is 0.507 e. The molecule has 1 fully saturated rings. The second-order valence-electron chi connectivity index (χ2n) is 7.19. The number of likely N-dealkylation sites (tertiary alicyclic amines) is 1. The van der Waals surface area contributed by atoms with Crippen LogP contribution in [0.2, 0.25) is 0 Å². The molecular formula is C24H22N2O5. The molecule has 1 saturated heterocycles. The number of aliphatic hydroxyl groups is 1. The number of pyridine rings is 1. The van der Waals surface area contributed by atoms with Gasteiger partial charge >= 0.3 is 0 Å². The number of hydrogen-bond acceptors (Lipinski definition) is 6. The lowest BCUT2D eigenvalue weighted by Gasteiger charge is -2.23. The van der Waals surface area contributed by atoms with Gasteiger partial charge in [0.1, 0.15) is 29.1 Å². The fraction of sp³-hybridized carbons (Fsp3) is 0.208. The van der Waals surface area contributed by atoms with Crippen molar-refractivity contribution in [2.24, 2.45) is 0 Å². The zero-order valence-electron chi connectivity index (χ0n) is 17.2. The highest BCUT2D eigenvalue weighted by Crippen LogP contribution is 2.41. The van der Waals surface area contributed by atoms with Gasteiger partial charge in [-0.25, -0.2) is 0 Å². The number of hydrogen-bond donors (Lipinski definition) is 1. The summed E-state index contributed by atoms with van der Waals surface area (Å²) in [6.07, 6.45) is 3.24. The predicted molar refractivity (Wildman–Crippen MR) is 113 cm³/mol. The molecule has 7 heteroatoms. The molecule has 2 aromatic heterocycles. The molecule has 0 radical (unpaired) electrons. The quantitative estimate of drug-likeness (QED) is 0.369. The van der Waals surface area contributed by atoms with Gasteiger partial charge in [0.15, 0.2) is 0 Å². The second kappa shape index (κ2) is 8.47. The summed E-state index contributed by atoms with van der Waals surface area (Å²) in [5.41, 5.74) is 1.19. The van der Waals surface area contributed by atoms with Crippen LogP contribution in [0.25, 0.3) is 5.76 Å². The lowest BCUT2D eigenvalue weighted by atomic mass is 9.99. The number of carbonyl (C=O) groups excluding carboxylic acids is 2. The molecule has 1 unspecified atom stereocenters. The fourth-order valence-corrected chi connectivity index (χ4v) is 3.68. The maximum absolute atomic E-state index is 13.0. The molecule has 4 rings (SSSR count). The van der Waals surface area contributed by atoms with E-state index in [0.717, 1.165) is 5.56 Å². The molecule has 1 aromatic carbocycles. The molecule has 158 valence electrons. The number of carbonyl (C=O) groups is 2. The lowest BCUT2D eigenvalue weighted by Crippen LogP contribution is -2.29. The molecule has 1 aliphatic heterocycles. The smallest absolute Gasteiger partial charge is 0.296 e. The topological polar surface area (TPSA) is 92.9 Å². The number of aromatic nitrogens is 1. The highest BCUT2D eigenvalue weighted by molar-refractivity contribution is 6.46. The van der Waals surface area contributed by atoms with Crippen LogP contribution >= 0.6 is 0 Å². The van der Waals surface area contributed by atoms with Gasteiger partial charge in [0, 0.05) is 24.5 Å². The van der Waals surface area contributed by atoms with E-state index < -0.39 is 17.7 Å². The molecule has 0 spiro atoms. The van der Waals surface area contributed by atoms with E-state index in [9.17, 15) is 14.7 Å². The van der Waals surface area contributed by atoms with Crippen molar-refractivity contribution in [3.8, 4) is 5.75 Å². The van der Waals surface area contributed by atoms with Crippen LogP contribution in [0.15, 0.2) is 70.9 Å². The van der Waals surface area contributed by atoms with Crippen molar-refractivity contribution in [1.82, 2.24) is 9.88 Å². The van der Waals surface area contributed by atoms with E-state index in [4.69, 9.17) is 9.15 Å². The van der Waals surface area contributed by atoms with Crippen LogP contribution in [0.1, 0.15) is 35.6 Å². The number of Topliss-reactive ketones (excluding diaryl/α,β-unsaturated/α-hetero) is 1. The van der Waals surface area contributed by atoms with Crippen molar-refractivity contribution in [3.63, 3.8) is 0 Å². The average Bonchev–Trinajstić information content (AvgIpc) is 3.31. The van der Waals surface area contributed by atoms with Gasteiger partial charge in [0.2, 0.25) is 0 Å². The van der Waals surface area contributed by atoms with Gasteiger partial charge in [-0.1, -0.05) is 12.1 Å². The molecule has 0 bridgehead atoms. The van der Waals surface area contributed by atoms with Crippen molar-refractivity contribution in [2.75, 3.05) is 6.61 Å². The fourth-order valence-electron chi connectivity index (χ4n) is 3.68. The van der Waals surface area contributed by atoms with Crippen molar-refractivity contribution in [2.45, 2.75) is 26.4 Å². The number of rotatable bonds is 6. The summed E-state index contributed by atoms with van der Waals surface area (Å²) in [7, 11) is 0. The van der Waals surface area contributed by atoms with Gasteiger partial charge in [-0.2, -0.15) is 0 Å². The van der Waals surface area contributed by atoms with E-state index in [0.29, 0.717) is 29.4 Å². The lowest BCUT2D eigenvalue weighted by molar-refractivity contribution is -0.140. The van der Waals surface area contributed by atoms with Crippen LogP contribution in [0.4, 0.5) is 0 Å². The first kappa shape index (κ1) is 20.4. The van der Waals surface area contributed by atoms with E-state index >= 15 is 0 Å². The summed E-state index contributed by atoms with van der Waals surface area (Å²) < 4.78 is 11.3. The maximum Gasteiger partial charge on any atom is 0.296 e. The first-order valence-corrected chi connectivity index (χ1v) is 9.96. The third-order valence-corrected chi connectivity index (χ3v) is 5.09. The minimum atomic E-state index is -0.849. The molecular weight excluding hydrogens is 396 g/mol. The molecule has 3 aromatic rings. The van der Waals surface area contributed by atoms with Gasteiger partial charge < -0.3 is 19.2 Å². The zero-order valence-corrected chi connectivity index (χ0v) is 17.2. The summed E-state index contributed by atoms with van der Waals surface area (Å²) in [4.78, 5) is 31.4. The molecule has 31 heavy (non-hydrogen) atoms. The Hall–Kier alpha value is -3.87. The summed E-state index contributed by atoms with van der Waals surface area (Å²) in [6, 6.07) is 13.0. The van der Waals surface area contributed by atoms with Crippen molar-refractivity contribution in [1.29, 1.82) is 0 Å². The van der Waals surface area contributed by atoms with Gasteiger partial charge in [-0.05, 0) is 55.8 Å². The van der Waals surface area contributed by atoms with E-state index in [-0.39, 0.29) is 17.9 Å². The van der Waals surface area contributed by atoms with Crippen LogP contribution in [-0.2, 0) is 16.1 Å². The number of ketones is 1. The monoisotopic (exact) mass is 418 g/mol. The highest BCUT2D eigenvalue weighted by Gasteiger charge is 2.47. The van der Waals surface area contributed by atoms with Gasteiger partial charge in [-0.15, -0.1) is 0 Å². The summed E-state index contributed by atoms with van der Waals surface area (Å²) in [5.74, 6) is -0.110. The number of furan rings is 1. The van der Waals surface area contributed by atoms with Crippen molar-refractivity contribution < 1.29 is 23.8 Å². The number of ether oxygens (including phenoxy) is 1. The van der Waals surface area contributed by atoms with E-state index in [1.165, 1.54) is 4.90 Å². The number of amides is 1. The van der Waals surface area contributed by atoms with Gasteiger partial charge in [-0.3, -0.25) is 14.6 Å². The maximum atomic E-state index is 13.0. The van der Waals surface area contributed by atoms with Crippen LogP contribution in [0.5, 0.6) is 5.75 Å². The third kappa shape index (κ3) is 3.94. The van der Waals surface area contributed by atoms with E-state index in [1.807, 2.05) is 6.92 Å². The van der Waals surface area contributed by atoms with E-state index in [2.05, 4.69) is 4.98 Å². The summed E-state index contributed by atoms with van der Waals surface area (Å²) in [6.45, 7) is 4.28. The van der Waals surface area contributed by atoms with Crippen LogP contribution in [0, 0.1) is 6.92 Å². The molecule has 1 N–H and O–H groups in total. The van der Waals surface area contributed by atoms with Crippen LogP contribution < -0.4 is 4.74 Å². The molecule has 1 amide bonds. The Balaban J connectivity index is 1.83. The Kier molecular flexibility index (Phi) is 5.58. The Morgan fingerprint density at radius 2 is 1.94 bits per heavy atom. The summed E-state index contributed by atoms with van der Waals surface area (Å²) >= 11 is 0. The molecule has 1 atom stereocenters. The first-order valence-electron chi connectivity index (χ1n) is 9.96. The predicted octanol–water partition coefficient (Wildman–Crippen LogP) is 4.00. The average molecular weight is 418 g/mol. The Morgan fingerprint density at radius 3 is 2.61 bits per heavy atom. The van der Waals surface area contributed by atoms with Crippen LogP contribution in [-0.4, -0.2) is 33.3 Å². The van der Waals surface area contributed by atoms with Gasteiger partial charge in [0.05, 0.1) is 12.2 Å². The van der Waals surface area contributed by atoms with Crippen LogP contribution in [0.3, 0.4) is 0 Å². The Morgan fingerprint density at radius 1 is 1.16 bits per heavy atom. The van der Waals surface area contributed by atoms with Crippen molar-refractivity contribution in [3.05, 3.63) is 89.1 Å².